The maximum Gasteiger partial charge on any atom is 0.344 e. The van der Waals surface area contributed by atoms with Crippen LogP contribution in [-0.2, 0) is 4.79 Å². The van der Waals surface area contributed by atoms with E-state index < -0.39 is 12.1 Å². The molecule has 0 fully saturated rings. The summed E-state index contributed by atoms with van der Waals surface area (Å²) in [5, 5.41) is 8.84. The Balaban J connectivity index is 2.00. The quantitative estimate of drug-likeness (QED) is 0.734. The normalized spacial score (nSPS) is 12.1. The van der Waals surface area contributed by atoms with Gasteiger partial charge in [0.25, 0.3) is 0 Å². The number of anilines is 1. The molecule has 25 heavy (non-hydrogen) atoms. The number of hydrogen-bond acceptors (Lipinski definition) is 4. The zero-order valence-electron chi connectivity index (χ0n) is 14.8. The van der Waals surface area contributed by atoms with E-state index in [-0.39, 0.29) is 0 Å². The molecule has 0 spiro atoms. The number of ether oxygens (including phenoxy) is 1. The first kappa shape index (κ1) is 18.5. The van der Waals surface area contributed by atoms with E-state index in [4.69, 9.17) is 9.84 Å². The zero-order chi connectivity index (χ0) is 18.2. The molecule has 0 bridgehead atoms. The van der Waals surface area contributed by atoms with Crippen LogP contribution in [0, 0.1) is 0 Å². The third kappa shape index (κ3) is 5.35. The molecule has 0 amide bonds. The molecule has 0 aromatic heterocycles. The minimum absolute atomic E-state index is 0.524. The van der Waals surface area contributed by atoms with Crippen LogP contribution in [-0.4, -0.2) is 36.5 Å². The lowest BCUT2D eigenvalue weighted by Gasteiger charge is -2.20. The molecule has 5 nitrogen and oxygen atoms in total. The molecule has 0 saturated carbocycles. The first-order valence-corrected chi connectivity index (χ1v) is 8.42. The molecule has 0 aliphatic carbocycles. The van der Waals surface area contributed by atoms with Crippen LogP contribution >= 0.6 is 0 Å². The van der Waals surface area contributed by atoms with Crippen molar-refractivity contribution in [3.05, 3.63) is 54.1 Å². The summed E-state index contributed by atoms with van der Waals surface area (Å²) in [7, 11) is 0. The molecule has 0 aliphatic heterocycles. The Morgan fingerprint density at radius 2 is 1.72 bits per heavy atom. The van der Waals surface area contributed by atoms with E-state index in [0.29, 0.717) is 5.75 Å². The third-order valence-corrected chi connectivity index (χ3v) is 3.88. The average Bonchev–Trinajstić information content (AvgIpc) is 2.63. The highest BCUT2D eigenvalue weighted by Gasteiger charge is 2.11. The van der Waals surface area contributed by atoms with Crippen LogP contribution < -0.4 is 9.64 Å². The van der Waals surface area contributed by atoms with Crippen molar-refractivity contribution in [2.24, 2.45) is 4.99 Å². The lowest BCUT2D eigenvalue weighted by atomic mass is 10.2. The molecule has 132 valence electrons. The molecule has 5 heteroatoms. The van der Waals surface area contributed by atoms with E-state index in [1.165, 1.54) is 12.6 Å². The van der Waals surface area contributed by atoms with Crippen molar-refractivity contribution in [2.75, 3.05) is 18.0 Å². The van der Waals surface area contributed by atoms with Gasteiger partial charge in [-0.3, -0.25) is 4.99 Å². The standard InChI is InChI=1S/C20H24N2O3/c1-4-22(5-2)18-10-8-17(9-11-18)21-14-16-6-12-19(13-7-16)25-15(3)20(23)24/h6-15H,4-5H2,1-3H3,(H,23,24)/t15-/m1/s1. The first-order valence-electron chi connectivity index (χ1n) is 8.42. The van der Waals surface area contributed by atoms with Crippen molar-refractivity contribution in [3.63, 3.8) is 0 Å². The summed E-state index contributed by atoms with van der Waals surface area (Å²) in [5.74, 6) is -0.463. The van der Waals surface area contributed by atoms with Gasteiger partial charge in [-0.25, -0.2) is 4.79 Å². The Morgan fingerprint density at radius 1 is 1.12 bits per heavy atom. The van der Waals surface area contributed by atoms with Gasteiger partial charge in [0.1, 0.15) is 5.75 Å². The van der Waals surface area contributed by atoms with Crippen LogP contribution in [0.25, 0.3) is 0 Å². The Labute approximate surface area is 148 Å². The minimum atomic E-state index is -0.987. The van der Waals surface area contributed by atoms with E-state index in [9.17, 15) is 4.79 Å². The number of benzene rings is 2. The number of nitrogens with zero attached hydrogens (tertiary/aromatic N) is 2. The average molecular weight is 340 g/mol. The Hall–Kier alpha value is -2.82. The summed E-state index contributed by atoms with van der Waals surface area (Å²) in [6, 6.07) is 15.3. The lowest BCUT2D eigenvalue weighted by molar-refractivity contribution is -0.144. The van der Waals surface area contributed by atoms with E-state index >= 15 is 0 Å². The van der Waals surface area contributed by atoms with Crippen LogP contribution in [0.5, 0.6) is 5.75 Å². The number of aliphatic imine (C=N–C) groups is 1. The molecular weight excluding hydrogens is 316 g/mol. The molecule has 1 N–H and O–H groups in total. The summed E-state index contributed by atoms with van der Waals surface area (Å²) in [5.41, 5.74) is 3.00. The smallest absolute Gasteiger partial charge is 0.344 e. The van der Waals surface area contributed by atoms with Gasteiger partial charge in [-0.1, -0.05) is 0 Å². The highest BCUT2D eigenvalue weighted by atomic mass is 16.5. The number of rotatable bonds is 8. The summed E-state index contributed by atoms with van der Waals surface area (Å²) < 4.78 is 5.30. The van der Waals surface area contributed by atoms with Crippen LogP contribution in [0.3, 0.4) is 0 Å². The molecule has 2 rings (SSSR count). The molecule has 0 unspecified atom stereocenters. The second-order valence-electron chi connectivity index (χ2n) is 5.61. The van der Waals surface area contributed by atoms with Gasteiger partial charge in [0.2, 0.25) is 0 Å². The molecule has 2 aromatic carbocycles. The molecule has 0 saturated heterocycles. The van der Waals surface area contributed by atoms with Gasteiger partial charge in [-0.05, 0) is 74.9 Å². The largest absolute Gasteiger partial charge is 0.479 e. The second-order valence-corrected chi connectivity index (χ2v) is 5.61. The summed E-state index contributed by atoms with van der Waals surface area (Å²) in [6.07, 6.45) is 0.903. The molecule has 0 radical (unpaired) electrons. The van der Waals surface area contributed by atoms with Crippen molar-refractivity contribution >= 4 is 23.6 Å². The van der Waals surface area contributed by atoms with Crippen LogP contribution in [0.1, 0.15) is 26.3 Å². The fraction of sp³-hybridized carbons (Fsp3) is 0.300. The van der Waals surface area contributed by atoms with Gasteiger partial charge < -0.3 is 14.7 Å². The van der Waals surface area contributed by atoms with Gasteiger partial charge >= 0.3 is 5.97 Å². The van der Waals surface area contributed by atoms with E-state index in [1.807, 2.05) is 24.3 Å². The zero-order valence-corrected chi connectivity index (χ0v) is 14.8. The molecule has 0 aliphatic rings. The Bertz CT molecular complexity index is 705. The van der Waals surface area contributed by atoms with E-state index in [0.717, 1.165) is 24.3 Å². The number of carbonyl (C=O) groups is 1. The highest BCUT2D eigenvalue weighted by molar-refractivity contribution is 5.82. The fourth-order valence-electron chi connectivity index (χ4n) is 2.37. The van der Waals surface area contributed by atoms with Gasteiger partial charge in [0.05, 0.1) is 5.69 Å². The van der Waals surface area contributed by atoms with Crippen molar-refractivity contribution < 1.29 is 14.6 Å². The lowest BCUT2D eigenvalue weighted by Crippen LogP contribution is -2.22. The first-order chi connectivity index (χ1) is 12.0. The number of carboxylic acids is 1. The predicted octanol–water partition coefficient (Wildman–Crippen LogP) is 4.14. The molecular formula is C20H24N2O3. The van der Waals surface area contributed by atoms with Crippen LogP contribution in [0.15, 0.2) is 53.5 Å². The number of aliphatic carboxylic acids is 1. The third-order valence-electron chi connectivity index (χ3n) is 3.88. The van der Waals surface area contributed by atoms with Crippen molar-refractivity contribution in [1.29, 1.82) is 0 Å². The second kappa shape index (κ2) is 8.87. The Kier molecular flexibility index (Phi) is 6.57. The minimum Gasteiger partial charge on any atom is -0.479 e. The van der Waals surface area contributed by atoms with Gasteiger partial charge in [-0.15, -0.1) is 0 Å². The van der Waals surface area contributed by atoms with Crippen LogP contribution in [0.2, 0.25) is 0 Å². The highest BCUT2D eigenvalue weighted by Crippen LogP contribution is 2.20. The summed E-state index contributed by atoms with van der Waals surface area (Å²) in [6.45, 7) is 7.74. The van der Waals surface area contributed by atoms with Crippen molar-refractivity contribution in [1.82, 2.24) is 0 Å². The maximum atomic E-state index is 10.8. The van der Waals surface area contributed by atoms with E-state index in [2.05, 4.69) is 35.9 Å². The SMILES string of the molecule is CCN(CC)c1ccc(N=Cc2ccc(O[C@H](C)C(=O)O)cc2)cc1. The van der Waals surface area contributed by atoms with Crippen LogP contribution in [0.4, 0.5) is 11.4 Å². The van der Waals surface area contributed by atoms with Crippen molar-refractivity contribution in [3.8, 4) is 5.75 Å². The predicted molar refractivity (Wildman–Crippen MR) is 101 cm³/mol. The van der Waals surface area contributed by atoms with Gasteiger partial charge in [-0.2, -0.15) is 0 Å². The topological polar surface area (TPSA) is 62.1 Å². The molecule has 1 atom stereocenters. The fourth-order valence-corrected chi connectivity index (χ4v) is 2.37. The Morgan fingerprint density at radius 3 is 2.24 bits per heavy atom. The summed E-state index contributed by atoms with van der Waals surface area (Å²) in [4.78, 5) is 17.5. The van der Waals surface area contributed by atoms with Crippen molar-refractivity contribution in [2.45, 2.75) is 26.9 Å². The summed E-state index contributed by atoms with van der Waals surface area (Å²) >= 11 is 0. The van der Waals surface area contributed by atoms with E-state index in [1.54, 1.807) is 18.3 Å². The molecule has 2 aromatic rings. The maximum absolute atomic E-state index is 10.8. The molecule has 0 heterocycles. The van der Waals surface area contributed by atoms with Gasteiger partial charge in [0, 0.05) is 25.0 Å². The number of hydrogen-bond donors (Lipinski definition) is 1. The van der Waals surface area contributed by atoms with Gasteiger partial charge in [0.15, 0.2) is 6.10 Å². The monoisotopic (exact) mass is 340 g/mol. The number of carboxylic acid groups (broad SMARTS) is 1.